The van der Waals surface area contributed by atoms with Gasteiger partial charge in [0.15, 0.2) is 0 Å². The topological polar surface area (TPSA) is 25.8 Å². The quantitative estimate of drug-likeness (QED) is 0.0839. The minimum absolute atomic E-state index is 0.261. The van der Waals surface area contributed by atoms with E-state index in [-0.39, 0.29) is 11.1 Å². The van der Waals surface area contributed by atoms with E-state index in [2.05, 4.69) is 53.7 Å². The Morgan fingerprint density at radius 3 is 1.44 bits per heavy atom. The molecule has 0 aliphatic heterocycles. The molecule has 0 atom stereocenters. The molecule has 9 heteroatoms. The third-order valence-electron chi connectivity index (χ3n) is 7.20. The van der Waals surface area contributed by atoms with E-state index in [1.165, 1.54) is 86.9 Å². The molecule has 0 aliphatic carbocycles. The zero-order valence-corrected chi connectivity index (χ0v) is 29.2. The van der Waals surface area contributed by atoms with E-state index in [0.717, 1.165) is 54.1 Å². The van der Waals surface area contributed by atoms with Gasteiger partial charge in [-0.2, -0.15) is 0 Å². The number of benzene rings is 1. The average molecular weight is 766 g/mol. The van der Waals surface area contributed by atoms with E-state index in [9.17, 15) is 0 Å². The summed E-state index contributed by atoms with van der Waals surface area (Å²) < 4.78 is 42.8. The van der Waals surface area contributed by atoms with Crippen LogP contribution in [0.5, 0.6) is 0 Å². The van der Waals surface area contributed by atoms with E-state index in [1.807, 2.05) is 12.1 Å². The van der Waals surface area contributed by atoms with E-state index in [0.29, 0.717) is 11.0 Å². The van der Waals surface area contributed by atoms with Crippen molar-refractivity contribution in [1.29, 1.82) is 0 Å². The van der Waals surface area contributed by atoms with Crippen molar-refractivity contribution in [2.24, 2.45) is 0 Å². The van der Waals surface area contributed by atoms with Crippen LogP contribution in [0.2, 0.25) is 0 Å². The van der Waals surface area contributed by atoms with E-state index in [1.54, 1.807) is 0 Å². The maximum atomic E-state index is 15.8. The van der Waals surface area contributed by atoms with Crippen LogP contribution in [0, 0.1) is 11.6 Å². The van der Waals surface area contributed by atoms with Gasteiger partial charge in [0.2, 0.25) is 0 Å². The SMILES string of the molecule is CCCCCCCCc1cc(-c2c(F)c(F)c(-c3cc(CCCCCCCC)c(Br)s3)c3n[se]nc23)sc1Br. The predicted molar refractivity (Wildman–Crippen MR) is 173 cm³/mol. The molecule has 0 aliphatic rings. The predicted octanol–water partition coefficient (Wildman–Crippen LogP) is 11.8. The number of aryl methyl sites for hydroxylation is 2. The Kier molecular flexibility index (Phi) is 12.7. The van der Waals surface area contributed by atoms with Crippen LogP contribution in [0.4, 0.5) is 8.78 Å². The first-order valence-corrected chi connectivity index (χ1v) is 18.9. The molecule has 4 rings (SSSR count). The molecule has 2 nitrogen and oxygen atoms in total. The number of hydrogen-bond acceptors (Lipinski definition) is 4. The summed E-state index contributed by atoms with van der Waals surface area (Å²) in [5.41, 5.74) is 3.85. The average Bonchev–Trinajstić information content (AvgIpc) is 3.63. The molecule has 0 saturated heterocycles. The number of halogens is 4. The molecule has 1 aromatic carbocycles. The number of aromatic nitrogens is 2. The van der Waals surface area contributed by atoms with E-state index < -0.39 is 26.6 Å². The van der Waals surface area contributed by atoms with Crippen LogP contribution in [0.25, 0.3) is 31.9 Å². The van der Waals surface area contributed by atoms with Crippen LogP contribution in [0.1, 0.15) is 102 Å². The van der Waals surface area contributed by atoms with Gasteiger partial charge in [-0.05, 0) is 0 Å². The Balaban J connectivity index is 1.56. The zero-order chi connectivity index (χ0) is 27.8. The van der Waals surface area contributed by atoms with Crippen LogP contribution in [-0.4, -0.2) is 22.9 Å². The number of thiophene rings is 2. The molecular weight excluding hydrogens is 729 g/mol. The first-order valence-electron chi connectivity index (χ1n) is 14.2. The van der Waals surface area contributed by atoms with Crippen molar-refractivity contribution in [3.63, 3.8) is 0 Å². The van der Waals surface area contributed by atoms with Gasteiger partial charge in [-0.25, -0.2) is 0 Å². The molecule has 0 radical (unpaired) electrons. The third-order valence-corrected chi connectivity index (χ3v) is 12.3. The second-order valence-electron chi connectivity index (χ2n) is 10.2. The molecule has 212 valence electrons. The Morgan fingerprint density at radius 2 is 1.03 bits per heavy atom. The standard InChI is InChI=1S/C30H36Br2F2N2S2Se/c1-3-5-7-9-11-13-15-19-17-21(37-29(19)31)23-25(33)26(34)24(28-27(23)35-39-36-28)22-18-20(30(32)38-22)16-14-12-10-8-6-4-2/h17-18H,3-16H2,1-2H3. The van der Waals surface area contributed by atoms with Crippen LogP contribution in [-0.2, 0) is 12.8 Å². The van der Waals surface area contributed by atoms with Crippen molar-refractivity contribution in [2.45, 2.75) is 104 Å². The molecule has 0 saturated carbocycles. The van der Waals surface area contributed by atoms with Crippen molar-refractivity contribution in [3.8, 4) is 20.9 Å². The molecule has 0 spiro atoms. The van der Waals surface area contributed by atoms with Gasteiger partial charge in [-0.1, -0.05) is 26.7 Å². The van der Waals surface area contributed by atoms with Crippen molar-refractivity contribution in [3.05, 3.63) is 42.5 Å². The molecule has 0 bridgehead atoms. The van der Waals surface area contributed by atoms with Crippen LogP contribution in [0.3, 0.4) is 0 Å². The van der Waals surface area contributed by atoms with Crippen molar-refractivity contribution in [2.75, 3.05) is 0 Å². The summed E-state index contributed by atoms with van der Waals surface area (Å²) in [4.78, 5) is 1.43. The minimum atomic E-state index is -0.817. The Bertz CT molecular complexity index is 1260. The van der Waals surface area contributed by atoms with Crippen LogP contribution < -0.4 is 0 Å². The number of fused-ring (bicyclic) bond motifs is 1. The molecule has 0 N–H and O–H groups in total. The molecule has 3 aromatic heterocycles. The fourth-order valence-electron chi connectivity index (χ4n) is 4.99. The van der Waals surface area contributed by atoms with Crippen molar-refractivity contribution < 1.29 is 8.78 Å². The molecule has 0 unspecified atom stereocenters. The van der Waals surface area contributed by atoms with Crippen LogP contribution >= 0.6 is 54.5 Å². The maximum absolute atomic E-state index is 15.8. The second-order valence-corrected chi connectivity index (χ2v) is 16.0. The fraction of sp³-hybridized carbons (Fsp3) is 0.533. The molecule has 0 amide bonds. The summed E-state index contributed by atoms with van der Waals surface area (Å²) in [7, 11) is 0. The molecule has 39 heavy (non-hydrogen) atoms. The van der Waals surface area contributed by atoms with Gasteiger partial charge in [0.25, 0.3) is 0 Å². The molecule has 0 fully saturated rings. The van der Waals surface area contributed by atoms with E-state index in [4.69, 9.17) is 0 Å². The fourth-order valence-corrected chi connectivity index (χ4v) is 9.78. The monoisotopic (exact) mass is 764 g/mol. The van der Waals surface area contributed by atoms with Gasteiger partial charge in [0, 0.05) is 0 Å². The summed E-state index contributed by atoms with van der Waals surface area (Å²) in [5.74, 6) is -1.63. The number of nitrogens with zero attached hydrogens (tertiary/aromatic N) is 2. The Hall–Kier alpha value is -0.441. The zero-order valence-electron chi connectivity index (χ0n) is 22.7. The van der Waals surface area contributed by atoms with Gasteiger partial charge in [-0.15, -0.1) is 0 Å². The number of unbranched alkanes of at least 4 members (excludes halogenated alkanes) is 10. The molecule has 3 heterocycles. The summed E-state index contributed by atoms with van der Waals surface area (Å²) in [6.45, 7) is 4.45. The third kappa shape index (κ3) is 7.90. The van der Waals surface area contributed by atoms with Crippen molar-refractivity contribution in [1.82, 2.24) is 7.96 Å². The molecular formula is C30H36Br2F2N2S2Se. The van der Waals surface area contributed by atoms with Gasteiger partial charge in [-0.3, -0.25) is 0 Å². The van der Waals surface area contributed by atoms with Gasteiger partial charge >= 0.3 is 238 Å². The summed E-state index contributed by atoms with van der Waals surface area (Å²) in [6, 6.07) is 4.03. The summed E-state index contributed by atoms with van der Waals surface area (Å²) >= 11 is 9.88. The number of hydrogen-bond donors (Lipinski definition) is 0. The Morgan fingerprint density at radius 1 is 0.641 bits per heavy atom. The van der Waals surface area contributed by atoms with Gasteiger partial charge in [0.1, 0.15) is 0 Å². The molecule has 4 aromatic rings. The first kappa shape index (κ1) is 31.5. The van der Waals surface area contributed by atoms with Gasteiger partial charge < -0.3 is 0 Å². The number of rotatable bonds is 16. The summed E-state index contributed by atoms with van der Waals surface area (Å²) in [5, 5.41) is 0. The second kappa shape index (κ2) is 15.7. The van der Waals surface area contributed by atoms with Crippen molar-refractivity contribution >= 4 is 80.5 Å². The normalized spacial score (nSPS) is 11.7. The van der Waals surface area contributed by atoms with Crippen LogP contribution in [0.15, 0.2) is 19.7 Å². The van der Waals surface area contributed by atoms with Gasteiger partial charge in [0.05, 0.1) is 0 Å². The Labute approximate surface area is 262 Å². The summed E-state index contributed by atoms with van der Waals surface area (Å²) in [6.07, 6.45) is 16.6. The van der Waals surface area contributed by atoms with E-state index >= 15 is 8.78 Å². The first-order chi connectivity index (χ1) is 19.0.